The molecule has 0 saturated carbocycles. The molecule has 0 aromatic heterocycles. The van der Waals surface area contributed by atoms with E-state index in [0.717, 1.165) is 30.3 Å². The fourth-order valence-electron chi connectivity index (χ4n) is 2.33. The van der Waals surface area contributed by atoms with Crippen LogP contribution in [0.25, 0.3) is 0 Å². The van der Waals surface area contributed by atoms with Gasteiger partial charge in [0.2, 0.25) is 0 Å². The highest BCUT2D eigenvalue weighted by Gasteiger charge is 2.40. The molecular formula is C13H15BrClFO. The first-order valence-corrected chi connectivity index (χ1v) is 7.19. The molecule has 2 rings (SSSR count). The minimum Gasteiger partial charge on any atom is -0.378 e. The lowest BCUT2D eigenvalue weighted by molar-refractivity contribution is 0.0746. The van der Waals surface area contributed by atoms with E-state index < -0.39 is 0 Å². The topological polar surface area (TPSA) is 9.23 Å². The molecule has 1 heterocycles. The average molecular weight is 322 g/mol. The van der Waals surface area contributed by atoms with E-state index in [0.29, 0.717) is 0 Å². The van der Waals surface area contributed by atoms with Crippen molar-refractivity contribution in [3.63, 3.8) is 0 Å². The van der Waals surface area contributed by atoms with Crippen LogP contribution >= 0.6 is 27.5 Å². The first-order chi connectivity index (χ1) is 8.07. The smallest absolute Gasteiger partial charge is 0.142 e. The zero-order valence-corrected chi connectivity index (χ0v) is 12.0. The standard InChI is InChI=1S/C13H15BrClFO/c1-9-13(8-14,4-5-17-9)7-10-2-3-11(15)12(16)6-10/h2-3,6,9H,4-5,7-8H2,1H3. The summed E-state index contributed by atoms with van der Waals surface area (Å²) < 4.78 is 19.0. The summed E-state index contributed by atoms with van der Waals surface area (Å²) in [5, 5.41) is 1.04. The van der Waals surface area contributed by atoms with Crippen LogP contribution in [-0.2, 0) is 11.2 Å². The second-order valence-corrected chi connectivity index (χ2v) is 5.65. The molecule has 17 heavy (non-hydrogen) atoms. The van der Waals surface area contributed by atoms with E-state index in [1.165, 1.54) is 6.07 Å². The highest BCUT2D eigenvalue weighted by molar-refractivity contribution is 9.09. The zero-order chi connectivity index (χ0) is 12.5. The van der Waals surface area contributed by atoms with Gasteiger partial charge >= 0.3 is 0 Å². The minimum atomic E-state index is -0.347. The van der Waals surface area contributed by atoms with E-state index in [1.54, 1.807) is 6.07 Å². The number of ether oxygens (including phenoxy) is 1. The highest BCUT2D eigenvalue weighted by atomic mass is 79.9. The van der Waals surface area contributed by atoms with Gasteiger partial charge in [0.05, 0.1) is 11.1 Å². The molecule has 1 aromatic rings. The monoisotopic (exact) mass is 320 g/mol. The van der Waals surface area contributed by atoms with E-state index in [1.807, 2.05) is 6.07 Å². The highest BCUT2D eigenvalue weighted by Crippen LogP contribution is 2.40. The maximum Gasteiger partial charge on any atom is 0.142 e. The molecule has 1 saturated heterocycles. The second-order valence-electron chi connectivity index (χ2n) is 4.68. The van der Waals surface area contributed by atoms with Crippen molar-refractivity contribution in [3.8, 4) is 0 Å². The third-order valence-corrected chi connectivity index (χ3v) is 5.06. The van der Waals surface area contributed by atoms with Gasteiger partial charge in [-0.25, -0.2) is 4.39 Å². The van der Waals surface area contributed by atoms with Gasteiger partial charge in [-0.2, -0.15) is 0 Å². The predicted molar refractivity (Wildman–Crippen MR) is 71.4 cm³/mol. The number of halogens is 3. The molecule has 0 N–H and O–H groups in total. The second kappa shape index (κ2) is 5.25. The summed E-state index contributed by atoms with van der Waals surface area (Å²) in [7, 11) is 0. The summed E-state index contributed by atoms with van der Waals surface area (Å²) >= 11 is 9.25. The van der Waals surface area contributed by atoms with Crippen LogP contribution in [0.1, 0.15) is 18.9 Å². The van der Waals surface area contributed by atoms with Crippen LogP contribution in [0, 0.1) is 11.2 Å². The Bertz CT molecular complexity index is 412. The Hall–Kier alpha value is -0.120. The Morgan fingerprint density at radius 2 is 2.35 bits per heavy atom. The molecule has 1 aromatic carbocycles. The third kappa shape index (κ3) is 2.67. The molecule has 0 bridgehead atoms. The number of benzene rings is 1. The van der Waals surface area contributed by atoms with Crippen LogP contribution < -0.4 is 0 Å². The van der Waals surface area contributed by atoms with Gasteiger partial charge in [-0.1, -0.05) is 33.6 Å². The van der Waals surface area contributed by atoms with Crippen molar-refractivity contribution >= 4 is 27.5 Å². The first kappa shape index (κ1) is 13.3. The molecule has 0 amide bonds. The van der Waals surface area contributed by atoms with Gasteiger partial charge in [0.1, 0.15) is 5.82 Å². The van der Waals surface area contributed by atoms with Crippen molar-refractivity contribution in [3.05, 3.63) is 34.6 Å². The maximum atomic E-state index is 13.4. The molecule has 94 valence electrons. The van der Waals surface area contributed by atoms with Crippen molar-refractivity contribution in [1.82, 2.24) is 0 Å². The lowest BCUT2D eigenvalue weighted by Gasteiger charge is -2.30. The van der Waals surface area contributed by atoms with Gasteiger partial charge in [-0.3, -0.25) is 0 Å². The van der Waals surface area contributed by atoms with E-state index in [9.17, 15) is 4.39 Å². The summed E-state index contributed by atoms with van der Waals surface area (Å²) in [4.78, 5) is 0. The minimum absolute atomic E-state index is 0.0697. The molecule has 0 spiro atoms. The Labute approximate surface area is 114 Å². The predicted octanol–water partition coefficient (Wildman–Crippen LogP) is 4.21. The molecule has 1 aliphatic heterocycles. The quantitative estimate of drug-likeness (QED) is 0.758. The molecule has 2 atom stereocenters. The van der Waals surface area contributed by atoms with E-state index in [-0.39, 0.29) is 22.4 Å². The normalized spacial score (nSPS) is 28.6. The number of hydrogen-bond donors (Lipinski definition) is 0. The maximum absolute atomic E-state index is 13.4. The summed E-state index contributed by atoms with van der Waals surface area (Å²) in [6, 6.07) is 5.03. The van der Waals surface area contributed by atoms with Crippen LogP contribution in [0.4, 0.5) is 4.39 Å². The van der Waals surface area contributed by atoms with E-state index in [2.05, 4.69) is 22.9 Å². The molecule has 0 radical (unpaired) electrons. The van der Waals surface area contributed by atoms with Crippen LogP contribution in [0.15, 0.2) is 18.2 Å². The van der Waals surface area contributed by atoms with Crippen molar-refractivity contribution in [2.45, 2.75) is 25.9 Å². The first-order valence-electron chi connectivity index (χ1n) is 5.69. The number of hydrogen-bond acceptors (Lipinski definition) is 1. The van der Waals surface area contributed by atoms with Crippen LogP contribution in [0.3, 0.4) is 0 Å². The summed E-state index contributed by atoms with van der Waals surface area (Å²) in [6.07, 6.45) is 2.01. The van der Waals surface area contributed by atoms with Gasteiger partial charge < -0.3 is 4.74 Å². The average Bonchev–Trinajstić information content (AvgIpc) is 2.66. The van der Waals surface area contributed by atoms with E-state index in [4.69, 9.17) is 16.3 Å². The number of rotatable bonds is 3. The fraction of sp³-hybridized carbons (Fsp3) is 0.538. The Balaban J connectivity index is 2.21. The summed E-state index contributed by atoms with van der Waals surface area (Å²) in [5.41, 5.74) is 1.05. The molecule has 4 heteroatoms. The van der Waals surface area contributed by atoms with Crippen molar-refractivity contribution in [2.24, 2.45) is 5.41 Å². The van der Waals surface area contributed by atoms with Crippen molar-refractivity contribution in [1.29, 1.82) is 0 Å². The Morgan fingerprint density at radius 1 is 1.59 bits per heavy atom. The number of alkyl halides is 1. The SMILES string of the molecule is CC1OCCC1(CBr)Cc1ccc(Cl)c(F)c1. The van der Waals surface area contributed by atoms with Crippen LogP contribution in [-0.4, -0.2) is 18.0 Å². The summed E-state index contributed by atoms with van der Waals surface area (Å²) in [5.74, 6) is -0.347. The molecule has 0 aliphatic carbocycles. The van der Waals surface area contributed by atoms with E-state index >= 15 is 0 Å². The van der Waals surface area contributed by atoms with Gasteiger partial charge in [-0.05, 0) is 37.5 Å². The van der Waals surface area contributed by atoms with Gasteiger partial charge in [0, 0.05) is 17.4 Å². The van der Waals surface area contributed by atoms with Gasteiger partial charge in [-0.15, -0.1) is 0 Å². The molecule has 1 fully saturated rings. The Kier molecular flexibility index (Phi) is 4.11. The largest absolute Gasteiger partial charge is 0.378 e. The fourth-order valence-corrected chi connectivity index (χ4v) is 3.38. The van der Waals surface area contributed by atoms with Crippen LogP contribution in [0.2, 0.25) is 5.02 Å². The van der Waals surface area contributed by atoms with Crippen molar-refractivity contribution < 1.29 is 9.13 Å². The van der Waals surface area contributed by atoms with Gasteiger partial charge in [0.25, 0.3) is 0 Å². The van der Waals surface area contributed by atoms with Gasteiger partial charge in [0.15, 0.2) is 0 Å². The molecular weight excluding hydrogens is 306 g/mol. The third-order valence-electron chi connectivity index (χ3n) is 3.64. The lowest BCUT2D eigenvalue weighted by Crippen LogP contribution is -2.32. The molecule has 2 unspecified atom stereocenters. The van der Waals surface area contributed by atoms with Crippen molar-refractivity contribution in [2.75, 3.05) is 11.9 Å². The lowest BCUT2D eigenvalue weighted by atomic mass is 9.78. The molecule has 1 nitrogen and oxygen atoms in total. The molecule has 1 aliphatic rings. The summed E-state index contributed by atoms with van der Waals surface area (Å²) in [6.45, 7) is 2.86. The Morgan fingerprint density at radius 3 is 2.88 bits per heavy atom. The zero-order valence-electron chi connectivity index (χ0n) is 9.68. The van der Waals surface area contributed by atoms with Crippen LogP contribution in [0.5, 0.6) is 0 Å².